The van der Waals surface area contributed by atoms with Gasteiger partial charge >= 0.3 is 0 Å². The lowest BCUT2D eigenvalue weighted by Gasteiger charge is -2.20. The molecule has 2 aromatic rings. The Morgan fingerprint density at radius 1 is 1.05 bits per heavy atom. The van der Waals surface area contributed by atoms with Crippen LogP contribution in [0.4, 0.5) is 10.1 Å². The molecule has 4 heteroatoms. The molecule has 21 heavy (non-hydrogen) atoms. The van der Waals surface area contributed by atoms with Crippen molar-refractivity contribution in [3.05, 3.63) is 53.8 Å². The molecule has 2 rings (SSSR count). The van der Waals surface area contributed by atoms with Crippen molar-refractivity contribution in [2.75, 3.05) is 19.5 Å². The van der Waals surface area contributed by atoms with E-state index in [0.29, 0.717) is 11.5 Å². The highest BCUT2D eigenvalue weighted by molar-refractivity contribution is 5.49. The predicted octanol–water partition coefficient (Wildman–Crippen LogP) is 4.41. The highest BCUT2D eigenvalue weighted by atomic mass is 19.1. The number of hydrogen-bond donors (Lipinski definition) is 1. The second-order valence-electron chi connectivity index (χ2n) is 4.73. The smallest absolute Gasteiger partial charge is 0.161 e. The van der Waals surface area contributed by atoms with Crippen LogP contribution >= 0.6 is 0 Å². The van der Waals surface area contributed by atoms with Crippen LogP contribution in [0.1, 0.15) is 24.9 Å². The van der Waals surface area contributed by atoms with E-state index in [4.69, 9.17) is 9.47 Å². The van der Waals surface area contributed by atoms with Gasteiger partial charge in [-0.2, -0.15) is 0 Å². The number of methoxy groups -OCH3 is 2. The van der Waals surface area contributed by atoms with Gasteiger partial charge in [-0.15, -0.1) is 0 Å². The maximum Gasteiger partial charge on any atom is 0.161 e. The Morgan fingerprint density at radius 2 is 1.81 bits per heavy atom. The first-order valence-electron chi connectivity index (χ1n) is 6.92. The van der Waals surface area contributed by atoms with E-state index in [1.807, 2.05) is 24.3 Å². The average molecular weight is 289 g/mol. The molecule has 0 radical (unpaired) electrons. The van der Waals surface area contributed by atoms with Crippen LogP contribution < -0.4 is 14.8 Å². The summed E-state index contributed by atoms with van der Waals surface area (Å²) >= 11 is 0. The first kappa shape index (κ1) is 15.2. The second kappa shape index (κ2) is 6.97. The van der Waals surface area contributed by atoms with Gasteiger partial charge in [0.25, 0.3) is 0 Å². The van der Waals surface area contributed by atoms with E-state index in [2.05, 4.69) is 12.2 Å². The van der Waals surface area contributed by atoms with E-state index in [-0.39, 0.29) is 11.9 Å². The number of halogens is 1. The summed E-state index contributed by atoms with van der Waals surface area (Å²) in [5.41, 5.74) is 1.83. The molecule has 0 aliphatic rings. The first-order chi connectivity index (χ1) is 10.2. The molecular formula is C17H20FNO2. The lowest BCUT2D eigenvalue weighted by atomic mass is 10.0. The van der Waals surface area contributed by atoms with Crippen LogP contribution in [0.15, 0.2) is 42.5 Å². The summed E-state index contributed by atoms with van der Waals surface area (Å²) in [5.74, 6) is 1.14. The average Bonchev–Trinajstić information content (AvgIpc) is 2.52. The quantitative estimate of drug-likeness (QED) is 0.854. The molecule has 1 unspecified atom stereocenters. The summed E-state index contributed by atoms with van der Waals surface area (Å²) in [4.78, 5) is 0. The van der Waals surface area contributed by atoms with E-state index < -0.39 is 0 Å². The fourth-order valence-corrected chi connectivity index (χ4v) is 2.27. The standard InChI is InChI=1S/C17H20FNO2/c1-4-15(19-14-7-5-6-13(18)11-14)12-8-9-16(20-2)17(10-12)21-3/h5-11,15,19H,4H2,1-3H3. The summed E-state index contributed by atoms with van der Waals surface area (Å²) in [7, 11) is 3.22. The third-order valence-electron chi connectivity index (χ3n) is 3.38. The highest BCUT2D eigenvalue weighted by Gasteiger charge is 2.13. The molecule has 2 aromatic carbocycles. The fraction of sp³-hybridized carbons (Fsp3) is 0.294. The zero-order chi connectivity index (χ0) is 15.2. The van der Waals surface area contributed by atoms with Gasteiger partial charge < -0.3 is 14.8 Å². The number of nitrogens with one attached hydrogen (secondary N) is 1. The number of benzene rings is 2. The minimum absolute atomic E-state index is 0.0756. The minimum Gasteiger partial charge on any atom is -0.493 e. The van der Waals surface area contributed by atoms with E-state index in [0.717, 1.165) is 17.7 Å². The largest absolute Gasteiger partial charge is 0.493 e. The topological polar surface area (TPSA) is 30.5 Å². The highest BCUT2D eigenvalue weighted by Crippen LogP contribution is 2.32. The zero-order valence-corrected chi connectivity index (χ0v) is 12.5. The number of anilines is 1. The molecule has 0 aliphatic heterocycles. The Hall–Kier alpha value is -2.23. The van der Waals surface area contributed by atoms with Gasteiger partial charge in [0.05, 0.1) is 20.3 Å². The Morgan fingerprint density at radius 3 is 2.43 bits per heavy atom. The van der Waals surface area contributed by atoms with Crippen molar-refractivity contribution >= 4 is 5.69 Å². The van der Waals surface area contributed by atoms with E-state index in [1.165, 1.54) is 12.1 Å². The second-order valence-corrected chi connectivity index (χ2v) is 4.73. The molecule has 112 valence electrons. The fourth-order valence-electron chi connectivity index (χ4n) is 2.27. The van der Waals surface area contributed by atoms with Crippen LogP contribution in [0.5, 0.6) is 11.5 Å². The number of hydrogen-bond acceptors (Lipinski definition) is 3. The third-order valence-corrected chi connectivity index (χ3v) is 3.38. The maximum atomic E-state index is 13.3. The molecule has 0 bridgehead atoms. The van der Waals surface area contributed by atoms with Crippen LogP contribution in [0.2, 0.25) is 0 Å². The maximum absolute atomic E-state index is 13.3. The van der Waals surface area contributed by atoms with Crippen LogP contribution in [0.3, 0.4) is 0 Å². The molecule has 0 amide bonds. The van der Waals surface area contributed by atoms with Crippen molar-refractivity contribution in [1.82, 2.24) is 0 Å². The van der Waals surface area contributed by atoms with Crippen molar-refractivity contribution in [3.63, 3.8) is 0 Å². The van der Waals surface area contributed by atoms with Crippen molar-refractivity contribution in [3.8, 4) is 11.5 Å². The summed E-state index contributed by atoms with van der Waals surface area (Å²) in [6, 6.07) is 12.4. The van der Waals surface area contributed by atoms with Gasteiger partial charge in [0.2, 0.25) is 0 Å². The molecule has 0 saturated heterocycles. The Labute approximate surface area is 124 Å². The lowest BCUT2D eigenvalue weighted by Crippen LogP contribution is -2.10. The SMILES string of the molecule is CCC(Nc1cccc(F)c1)c1ccc(OC)c(OC)c1. The van der Waals surface area contributed by atoms with E-state index >= 15 is 0 Å². The Kier molecular flexibility index (Phi) is 5.04. The van der Waals surface area contributed by atoms with E-state index in [1.54, 1.807) is 20.3 Å². The summed E-state index contributed by atoms with van der Waals surface area (Å²) in [6.07, 6.45) is 0.867. The molecule has 0 heterocycles. The molecule has 0 aromatic heterocycles. The predicted molar refractivity (Wildman–Crippen MR) is 82.6 cm³/mol. The molecule has 0 saturated carbocycles. The zero-order valence-electron chi connectivity index (χ0n) is 12.5. The minimum atomic E-state index is -0.248. The summed E-state index contributed by atoms with van der Waals surface area (Å²) in [5, 5.41) is 3.34. The van der Waals surface area contributed by atoms with Gasteiger partial charge in [0.1, 0.15) is 5.82 Å². The van der Waals surface area contributed by atoms with Gasteiger partial charge in [-0.25, -0.2) is 4.39 Å². The normalized spacial score (nSPS) is 11.8. The van der Waals surface area contributed by atoms with Crippen molar-refractivity contribution in [2.45, 2.75) is 19.4 Å². The molecule has 1 N–H and O–H groups in total. The first-order valence-corrected chi connectivity index (χ1v) is 6.92. The van der Waals surface area contributed by atoms with Gasteiger partial charge in [-0.3, -0.25) is 0 Å². The van der Waals surface area contributed by atoms with Crippen LogP contribution in [-0.2, 0) is 0 Å². The Balaban J connectivity index is 2.25. The molecular weight excluding hydrogens is 269 g/mol. The molecule has 0 fully saturated rings. The van der Waals surface area contributed by atoms with Crippen molar-refractivity contribution in [1.29, 1.82) is 0 Å². The van der Waals surface area contributed by atoms with Crippen molar-refractivity contribution in [2.24, 2.45) is 0 Å². The summed E-state index contributed by atoms with van der Waals surface area (Å²) < 4.78 is 23.8. The van der Waals surface area contributed by atoms with Crippen LogP contribution in [0, 0.1) is 5.82 Å². The number of rotatable bonds is 6. The summed E-state index contributed by atoms with van der Waals surface area (Å²) in [6.45, 7) is 2.08. The lowest BCUT2D eigenvalue weighted by molar-refractivity contribution is 0.354. The molecule has 0 spiro atoms. The van der Waals surface area contributed by atoms with Gasteiger partial charge in [0.15, 0.2) is 11.5 Å². The van der Waals surface area contributed by atoms with Crippen LogP contribution in [0.25, 0.3) is 0 Å². The molecule has 1 atom stereocenters. The Bertz CT molecular complexity index is 601. The molecule has 0 aliphatic carbocycles. The van der Waals surface area contributed by atoms with E-state index in [9.17, 15) is 4.39 Å². The number of ether oxygens (including phenoxy) is 2. The monoisotopic (exact) mass is 289 g/mol. The molecule has 3 nitrogen and oxygen atoms in total. The van der Waals surface area contributed by atoms with Crippen LogP contribution in [-0.4, -0.2) is 14.2 Å². The van der Waals surface area contributed by atoms with Crippen molar-refractivity contribution < 1.29 is 13.9 Å². The van der Waals surface area contributed by atoms with Gasteiger partial charge in [-0.05, 0) is 42.3 Å². The van der Waals surface area contributed by atoms with Gasteiger partial charge in [-0.1, -0.05) is 19.1 Å². The van der Waals surface area contributed by atoms with Gasteiger partial charge in [0, 0.05) is 5.69 Å². The third kappa shape index (κ3) is 3.66.